The highest BCUT2D eigenvalue weighted by molar-refractivity contribution is 5.62. The smallest absolute Gasteiger partial charge is 0.150 e. The highest BCUT2D eigenvalue weighted by Crippen LogP contribution is 2.25. The quantitative estimate of drug-likeness (QED) is 0.814. The van der Waals surface area contributed by atoms with Gasteiger partial charge in [0.1, 0.15) is 5.82 Å². The summed E-state index contributed by atoms with van der Waals surface area (Å²) in [5, 5.41) is 4.18. The first-order chi connectivity index (χ1) is 7.72. The van der Waals surface area contributed by atoms with Gasteiger partial charge in [-0.3, -0.25) is 4.68 Å². The summed E-state index contributed by atoms with van der Waals surface area (Å²) in [6.07, 6.45) is 5.43. The van der Waals surface area contributed by atoms with Crippen molar-refractivity contribution in [2.45, 2.75) is 25.4 Å². The molecule has 0 unspecified atom stereocenters. The molecule has 1 aromatic rings. The molecule has 16 heavy (non-hydrogen) atoms. The Balaban J connectivity index is 2.10. The van der Waals surface area contributed by atoms with Crippen molar-refractivity contribution in [3.63, 3.8) is 0 Å². The molecule has 1 aliphatic rings. The van der Waals surface area contributed by atoms with Gasteiger partial charge in [-0.25, -0.2) is 0 Å². The van der Waals surface area contributed by atoms with Gasteiger partial charge in [0.2, 0.25) is 0 Å². The van der Waals surface area contributed by atoms with Crippen molar-refractivity contribution in [1.82, 2.24) is 9.78 Å². The molecule has 1 saturated heterocycles. The summed E-state index contributed by atoms with van der Waals surface area (Å²) in [6.45, 7) is 2.02. The van der Waals surface area contributed by atoms with Crippen LogP contribution in [0.2, 0.25) is 0 Å². The van der Waals surface area contributed by atoms with E-state index in [4.69, 9.17) is 10.5 Å². The summed E-state index contributed by atoms with van der Waals surface area (Å²) >= 11 is 0. The van der Waals surface area contributed by atoms with Crippen LogP contribution in [0.4, 0.5) is 11.5 Å². The summed E-state index contributed by atoms with van der Waals surface area (Å²) < 4.78 is 7.27. The number of nitrogens with two attached hydrogens (primary N) is 1. The van der Waals surface area contributed by atoms with Gasteiger partial charge in [-0.1, -0.05) is 0 Å². The van der Waals surface area contributed by atoms with E-state index in [1.54, 1.807) is 13.3 Å². The van der Waals surface area contributed by atoms with Gasteiger partial charge in [0, 0.05) is 27.2 Å². The largest absolute Gasteiger partial charge is 0.394 e. The molecule has 5 heteroatoms. The summed E-state index contributed by atoms with van der Waals surface area (Å²) in [5.74, 6) is 1.04. The normalized spacial score (nSPS) is 22.1. The van der Waals surface area contributed by atoms with E-state index in [1.165, 1.54) is 0 Å². The Kier molecular flexibility index (Phi) is 3.33. The lowest BCUT2D eigenvalue weighted by Gasteiger charge is -2.23. The van der Waals surface area contributed by atoms with E-state index in [2.05, 4.69) is 10.00 Å². The fourth-order valence-electron chi connectivity index (χ4n) is 2.35. The van der Waals surface area contributed by atoms with E-state index < -0.39 is 0 Å². The molecular weight excluding hydrogens is 204 g/mol. The van der Waals surface area contributed by atoms with Crippen molar-refractivity contribution in [1.29, 1.82) is 0 Å². The second-order valence-electron chi connectivity index (χ2n) is 4.32. The van der Waals surface area contributed by atoms with Crippen molar-refractivity contribution < 1.29 is 4.74 Å². The average Bonchev–Trinajstić information content (AvgIpc) is 2.53. The van der Waals surface area contributed by atoms with Crippen molar-refractivity contribution in [3.8, 4) is 0 Å². The Morgan fingerprint density at radius 1 is 1.44 bits per heavy atom. The first kappa shape index (κ1) is 11.3. The Morgan fingerprint density at radius 3 is 2.88 bits per heavy atom. The molecule has 0 bridgehead atoms. The molecule has 1 atom stereocenters. The van der Waals surface area contributed by atoms with E-state index in [-0.39, 0.29) is 0 Å². The number of aryl methyl sites for hydroxylation is 1. The zero-order valence-electron chi connectivity index (χ0n) is 10.0. The first-order valence-electron chi connectivity index (χ1n) is 5.77. The predicted octanol–water partition coefficient (Wildman–Crippen LogP) is 1.01. The monoisotopic (exact) mass is 224 g/mol. The third-order valence-electron chi connectivity index (χ3n) is 3.24. The molecule has 90 valence electrons. The lowest BCUT2D eigenvalue weighted by Crippen LogP contribution is -2.27. The summed E-state index contributed by atoms with van der Waals surface area (Å²) in [4.78, 5) is 2.31. The van der Waals surface area contributed by atoms with Gasteiger partial charge in [-0.05, 0) is 19.3 Å². The number of anilines is 2. The molecule has 0 radical (unpaired) electrons. The van der Waals surface area contributed by atoms with E-state index >= 15 is 0 Å². The van der Waals surface area contributed by atoms with Gasteiger partial charge >= 0.3 is 0 Å². The van der Waals surface area contributed by atoms with Crippen molar-refractivity contribution in [2.24, 2.45) is 7.05 Å². The van der Waals surface area contributed by atoms with E-state index in [0.29, 0.717) is 6.10 Å². The average molecular weight is 224 g/mol. The fourth-order valence-corrected chi connectivity index (χ4v) is 2.35. The number of methoxy groups -OCH3 is 1. The summed E-state index contributed by atoms with van der Waals surface area (Å²) in [7, 11) is 3.73. The van der Waals surface area contributed by atoms with Gasteiger partial charge in [0.05, 0.1) is 18.0 Å². The maximum Gasteiger partial charge on any atom is 0.150 e. The van der Waals surface area contributed by atoms with E-state index in [0.717, 1.165) is 43.9 Å². The highest BCUT2D eigenvalue weighted by atomic mass is 16.5. The number of rotatable bonds is 2. The van der Waals surface area contributed by atoms with Gasteiger partial charge in [0.15, 0.2) is 0 Å². The number of aromatic nitrogens is 2. The Bertz CT molecular complexity index is 330. The van der Waals surface area contributed by atoms with Crippen molar-refractivity contribution in [3.05, 3.63) is 6.20 Å². The molecular formula is C11H20N4O. The van der Waals surface area contributed by atoms with Crippen molar-refractivity contribution in [2.75, 3.05) is 30.8 Å². The molecule has 0 aliphatic carbocycles. The zero-order valence-corrected chi connectivity index (χ0v) is 10.0. The standard InChI is InChI=1S/C11H20N4O/c1-14-11(10(12)8-13-14)15-6-3-4-9(16-2)5-7-15/h8-9H,3-7,12H2,1-2H3/t9-/m1/s1. The van der Waals surface area contributed by atoms with Crippen LogP contribution in [0.15, 0.2) is 6.20 Å². The van der Waals surface area contributed by atoms with E-state index in [1.807, 2.05) is 11.7 Å². The van der Waals surface area contributed by atoms with Crippen LogP contribution in [0, 0.1) is 0 Å². The maximum absolute atomic E-state index is 5.93. The Hall–Kier alpha value is -1.23. The zero-order chi connectivity index (χ0) is 11.5. The second-order valence-corrected chi connectivity index (χ2v) is 4.32. The van der Waals surface area contributed by atoms with Gasteiger partial charge in [-0.15, -0.1) is 0 Å². The second kappa shape index (κ2) is 4.74. The molecule has 0 amide bonds. The van der Waals surface area contributed by atoms with Gasteiger partial charge < -0.3 is 15.4 Å². The van der Waals surface area contributed by atoms with Crippen LogP contribution in [0.25, 0.3) is 0 Å². The topological polar surface area (TPSA) is 56.3 Å². The van der Waals surface area contributed by atoms with E-state index in [9.17, 15) is 0 Å². The maximum atomic E-state index is 5.93. The molecule has 2 heterocycles. The first-order valence-corrected chi connectivity index (χ1v) is 5.77. The lowest BCUT2D eigenvalue weighted by molar-refractivity contribution is 0.0931. The van der Waals surface area contributed by atoms with Crippen LogP contribution < -0.4 is 10.6 Å². The van der Waals surface area contributed by atoms with Crippen LogP contribution in [0.1, 0.15) is 19.3 Å². The lowest BCUT2D eigenvalue weighted by atomic mass is 10.2. The summed E-state index contributed by atoms with van der Waals surface area (Å²) in [5.41, 5.74) is 6.70. The third kappa shape index (κ3) is 2.14. The fraction of sp³-hybridized carbons (Fsp3) is 0.727. The van der Waals surface area contributed by atoms with Crippen LogP contribution in [-0.4, -0.2) is 36.1 Å². The number of hydrogen-bond donors (Lipinski definition) is 1. The number of nitrogen functional groups attached to an aromatic ring is 1. The molecule has 2 rings (SSSR count). The van der Waals surface area contributed by atoms with Crippen LogP contribution in [0.5, 0.6) is 0 Å². The summed E-state index contributed by atoms with van der Waals surface area (Å²) in [6, 6.07) is 0. The SMILES string of the molecule is CO[C@@H]1CCCN(c2c(N)cnn2C)CC1. The molecule has 0 saturated carbocycles. The van der Waals surface area contributed by atoms with Gasteiger partial charge in [0.25, 0.3) is 0 Å². The molecule has 2 N–H and O–H groups in total. The molecule has 1 aromatic heterocycles. The van der Waals surface area contributed by atoms with Crippen molar-refractivity contribution >= 4 is 11.5 Å². The minimum absolute atomic E-state index is 0.388. The molecule has 1 aliphatic heterocycles. The number of nitrogens with zero attached hydrogens (tertiary/aromatic N) is 3. The van der Waals surface area contributed by atoms with Crippen LogP contribution >= 0.6 is 0 Å². The predicted molar refractivity (Wildman–Crippen MR) is 64.5 cm³/mol. The Morgan fingerprint density at radius 2 is 2.25 bits per heavy atom. The molecule has 5 nitrogen and oxygen atoms in total. The molecule has 0 aromatic carbocycles. The van der Waals surface area contributed by atoms with Crippen LogP contribution in [-0.2, 0) is 11.8 Å². The molecule has 0 spiro atoms. The molecule has 1 fully saturated rings. The number of ether oxygens (including phenoxy) is 1. The Labute approximate surface area is 96.2 Å². The minimum atomic E-state index is 0.388. The van der Waals surface area contributed by atoms with Crippen LogP contribution in [0.3, 0.4) is 0 Å². The third-order valence-corrected chi connectivity index (χ3v) is 3.24. The highest BCUT2D eigenvalue weighted by Gasteiger charge is 2.20. The number of hydrogen-bond acceptors (Lipinski definition) is 4. The van der Waals surface area contributed by atoms with Gasteiger partial charge in [-0.2, -0.15) is 5.10 Å². The minimum Gasteiger partial charge on any atom is -0.394 e.